The number of carbonyl (C=O) groups is 1. The Morgan fingerprint density at radius 1 is 1.28 bits per heavy atom. The molecule has 0 atom stereocenters. The molecule has 0 aliphatic heterocycles. The van der Waals surface area contributed by atoms with Crippen LogP contribution in [0.5, 0.6) is 5.75 Å². The van der Waals surface area contributed by atoms with Crippen molar-refractivity contribution in [3.8, 4) is 5.75 Å². The fourth-order valence-corrected chi connectivity index (χ4v) is 1.43. The normalized spacial score (nSPS) is 11.4. The van der Waals surface area contributed by atoms with Crippen LogP contribution in [-0.2, 0) is 4.74 Å². The van der Waals surface area contributed by atoms with Crippen LogP contribution >= 0.6 is 0 Å². The van der Waals surface area contributed by atoms with Gasteiger partial charge in [-0.05, 0) is 18.2 Å². The van der Waals surface area contributed by atoms with Gasteiger partial charge in [-0.15, -0.1) is 0 Å². The third-order valence-corrected chi connectivity index (χ3v) is 2.42. The summed E-state index contributed by atoms with van der Waals surface area (Å²) in [5.74, 6) is -0.483. The first kappa shape index (κ1) is 14.6. The summed E-state index contributed by atoms with van der Waals surface area (Å²) in [5.41, 5.74) is -0.163. The number of hydrogen-bond acceptors (Lipinski definition) is 3. The van der Waals surface area contributed by atoms with Gasteiger partial charge in [-0.25, -0.2) is 4.39 Å². The topological polar surface area (TPSA) is 35.5 Å². The van der Waals surface area contributed by atoms with Gasteiger partial charge in [-0.1, -0.05) is 20.8 Å². The summed E-state index contributed by atoms with van der Waals surface area (Å²) in [4.78, 5) is 12.0. The van der Waals surface area contributed by atoms with Crippen LogP contribution in [0.15, 0.2) is 18.2 Å². The van der Waals surface area contributed by atoms with Crippen LogP contribution in [0, 0.1) is 11.2 Å². The second kappa shape index (κ2) is 5.96. The minimum atomic E-state index is -0.527. The molecule has 1 aromatic carbocycles. The van der Waals surface area contributed by atoms with E-state index in [0.717, 1.165) is 0 Å². The summed E-state index contributed by atoms with van der Waals surface area (Å²) in [6.07, 6.45) is 0. The van der Waals surface area contributed by atoms with Crippen LogP contribution < -0.4 is 4.74 Å². The first-order valence-electron chi connectivity index (χ1n) is 5.82. The molecule has 0 unspecified atom stereocenters. The maximum Gasteiger partial charge on any atom is 0.168 e. The van der Waals surface area contributed by atoms with Crippen molar-refractivity contribution in [3.05, 3.63) is 29.6 Å². The zero-order chi connectivity index (χ0) is 13.8. The zero-order valence-electron chi connectivity index (χ0n) is 11.2. The summed E-state index contributed by atoms with van der Waals surface area (Å²) in [6, 6.07) is 4.28. The predicted molar refractivity (Wildman–Crippen MR) is 67.6 cm³/mol. The Morgan fingerprint density at radius 2 is 1.94 bits per heavy atom. The number of ether oxygens (including phenoxy) is 2. The molecule has 18 heavy (non-hydrogen) atoms. The number of methoxy groups -OCH3 is 1. The zero-order valence-corrected chi connectivity index (χ0v) is 11.2. The van der Waals surface area contributed by atoms with E-state index in [1.807, 2.05) is 0 Å². The summed E-state index contributed by atoms with van der Waals surface area (Å²) in [7, 11) is 1.55. The number of ketones is 1. The lowest BCUT2D eigenvalue weighted by Gasteiger charge is -2.17. The molecule has 0 bridgehead atoms. The van der Waals surface area contributed by atoms with Gasteiger partial charge >= 0.3 is 0 Å². The maximum atomic E-state index is 13.7. The van der Waals surface area contributed by atoms with Crippen molar-refractivity contribution >= 4 is 5.78 Å². The van der Waals surface area contributed by atoms with Gasteiger partial charge in [0.25, 0.3) is 0 Å². The molecule has 0 fully saturated rings. The van der Waals surface area contributed by atoms with Gasteiger partial charge in [0.15, 0.2) is 17.3 Å². The molecule has 0 N–H and O–H groups in total. The third kappa shape index (κ3) is 3.81. The predicted octanol–water partition coefficient (Wildman–Crippen LogP) is 3.08. The van der Waals surface area contributed by atoms with Crippen molar-refractivity contribution in [1.82, 2.24) is 0 Å². The molecule has 0 heterocycles. The Labute approximate surface area is 107 Å². The lowest BCUT2D eigenvalue weighted by molar-refractivity contribution is 0.0857. The highest BCUT2D eigenvalue weighted by molar-refractivity contribution is 5.99. The van der Waals surface area contributed by atoms with Crippen molar-refractivity contribution in [2.24, 2.45) is 5.41 Å². The quantitative estimate of drug-likeness (QED) is 0.598. The third-order valence-electron chi connectivity index (χ3n) is 2.42. The van der Waals surface area contributed by atoms with E-state index in [1.165, 1.54) is 12.1 Å². The van der Waals surface area contributed by atoms with Crippen molar-refractivity contribution in [2.45, 2.75) is 20.8 Å². The minimum Gasteiger partial charge on any atom is -0.488 e. The first-order chi connectivity index (χ1) is 8.36. The number of hydrogen-bond donors (Lipinski definition) is 0. The van der Waals surface area contributed by atoms with E-state index in [1.54, 1.807) is 33.9 Å². The number of benzene rings is 1. The van der Waals surface area contributed by atoms with Crippen LogP contribution in [0.3, 0.4) is 0 Å². The second-order valence-electron chi connectivity index (χ2n) is 5.07. The van der Waals surface area contributed by atoms with Crippen LogP contribution in [-0.4, -0.2) is 26.1 Å². The highest BCUT2D eigenvalue weighted by Gasteiger charge is 2.23. The van der Waals surface area contributed by atoms with Gasteiger partial charge in [0.1, 0.15) is 6.61 Å². The lowest BCUT2D eigenvalue weighted by atomic mass is 9.86. The molecule has 0 aliphatic carbocycles. The highest BCUT2D eigenvalue weighted by atomic mass is 19.1. The van der Waals surface area contributed by atoms with Crippen LogP contribution in [0.2, 0.25) is 0 Å². The van der Waals surface area contributed by atoms with Crippen molar-refractivity contribution in [1.29, 1.82) is 0 Å². The largest absolute Gasteiger partial charge is 0.488 e. The van der Waals surface area contributed by atoms with Gasteiger partial charge in [0.2, 0.25) is 0 Å². The number of halogens is 1. The molecule has 0 amide bonds. The van der Waals surface area contributed by atoms with Crippen molar-refractivity contribution in [2.75, 3.05) is 20.3 Å². The van der Waals surface area contributed by atoms with Gasteiger partial charge in [-0.3, -0.25) is 4.79 Å². The Morgan fingerprint density at radius 3 is 2.44 bits per heavy atom. The van der Waals surface area contributed by atoms with Crippen LogP contribution in [0.1, 0.15) is 31.1 Å². The van der Waals surface area contributed by atoms with E-state index in [9.17, 15) is 9.18 Å². The summed E-state index contributed by atoms with van der Waals surface area (Å²) in [5, 5.41) is 0. The number of carbonyl (C=O) groups excluding carboxylic acids is 1. The van der Waals surface area contributed by atoms with Gasteiger partial charge < -0.3 is 9.47 Å². The Bertz CT molecular complexity index is 422. The second-order valence-corrected chi connectivity index (χ2v) is 5.07. The monoisotopic (exact) mass is 254 g/mol. The smallest absolute Gasteiger partial charge is 0.168 e. The molecule has 0 aliphatic rings. The van der Waals surface area contributed by atoms with E-state index in [-0.39, 0.29) is 18.1 Å². The van der Waals surface area contributed by atoms with Gasteiger partial charge in [0, 0.05) is 18.1 Å². The molecule has 0 radical (unpaired) electrons. The first-order valence-corrected chi connectivity index (χ1v) is 5.82. The lowest BCUT2D eigenvalue weighted by Crippen LogP contribution is -2.20. The molecular weight excluding hydrogens is 235 g/mol. The molecule has 0 saturated heterocycles. The molecule has 1 aromatic rings. The Balaban J connectivity index is 2.82. The molecule has 3 nitrogen and oxygen atoms in total. The van der Waals surface area contributed by atoms with E-state index >= 15 is 0 Å². The van der Waals surface area contributed by atoms with Crippen molar-refractivity contribution < 1.29 is 18.7 Å². The molecule has 0 saturated carbocycles. The molecule has 0 spiro atoms. The molecule has 4 heteroatoms. The summed E-state index contributed by atoms with van der Waals surface area (Å²) >= 11 is 0. The average molecular weight is 254 g/mol. The van der Waals surface area contributed by atoms with Gasteiger partial charge in [-0.2, -0.15) is 0 Å². The fourth-order valence-electron chi connectivity index (χ4n) is 1.43. The molecular formula is C14H19FO3. The van der Waals surface area contributed by atoms with Crippen LogP contribution in [0.25, 0.3) is 0 Å². The average Bonchev–Trinajstić information content (AvgIpc) is 2.29. The molecule has 1 rings (SSSR count). The van der Waals surface area contributed by atoms with Crippen molar-refractivity contribution in [3.63, 3.8) is 0 Å². The SMILES string of the molecule is COCCOc1ccc(C(=O)C(C)(C)C)cc1F. The standard InChI is InChI=1S/C14H19FO3/c1-14(2,3)13(16)10-5-6-12(11(15)9-10)18-8-7-17-4/h5-6,9H,7-8H2,1-4H3. The minimum absolute atomic E-state index is 0.0927. The van der Waals surface area contributed by atoms with E-state index in [2.05, 4.69) is 0 Å². The number of rotatable bonds is 5. The number of Topliss-reactive ketones (excluding diaryl/α,β-unsaturated/α-hetero) is 1. The van der Waals surface area contributed by atoms with Gasteiger partial charge in [0.05, 0.1) is 6.61 Å². The van der Waals surface area contributed by atoms with E-state index in [0.29, 0.717) is 12.2 Å². The Kier molecular flexibility index (Phi) is 4.84. The maximum absolute atomic E-state index is 13.7. The summed E-state index contributed by atoms with van der Waals surface area (Å²) < 4.78 is 23.7. The molecule has 100 valence electrons. The fraction of sp³-hybridized carbons (Fsp3) is 0.500. The summed E-state index contributed by atoms with van der Waals surface area (Å²) in [6.45, 7) is 6.07. The van der Waals surface area contributed by atoms with E-state index < -0.39 is 11.2 Å². The van der Waals surface area contributed by atoms with E-state index in [4.69, 9.17) is 9.47 Å². The Hall–Kier alpha value is -1.42. The molecule has 0 aromatic heterocycles. The van der Waals surface area contributed by atoms with Crippen LogP contribution in [0.4, 0.5) is 4.39 Å². The highest BCUT2D eigenvalue weighted by Crippen LogP contribution is 2.24.